The molecule has 4 rings (SSSR count). The van der Waals surface area contributed by atoms with E-state index in [-0.39, 0.29) is 6.10 Å². The molecule has 102 valence electrons. The molecule has 3 aliphatic rings. The second kappa shape index (κ2) is 4.24. The van der Waals surface area contributed by atoms with Crippen LogP contribution in [0.1, 0.15) is 37.9 Å². The SMILES string of the molecule is CCOc1ccc(C(O)C2C3C4CCC(C4)C32)cc1. The van der Waals surface area contributed by atoms with Crippen LogP contribution < -0.4 is 4.74 Å². The van der Waals surface area contributed by atoms with Crippen LogP contribution in [0.5, 0.6) is 5.75 Å². The Hall–Kier alpha value is -1.02. The third-order valence-corrected chi connectivity index (χ3v) is 5.69. The maximum Gasteiger partial charge on any atom is 0.119 e. The average molecular weight is 258 g/mol. The Kier molecular flexibility index (Phi) is 2.63. The van der Waals surface area contributed by atoms with Crippen LogP contribution in [0, 0.1) is 29.6 Å². The molecule has 1 aromatic carbocycles. The number of aliphatic hydroxyl groups excluding tert-OH is 1. The molecular formula is C17H22O2. The van der Waals surface area contributed by atoms with Gasteiger partial charge in [-0.1, -0.05) is 12.1 Å². The zero-order valence-electron chi connectivity index (χ0n) is 11.5. The largest absolute Gasteiger partial charge is 0.494 e. The molecule has 2 nitrogen and oxygen atoms in total. The molecule has 19 heavy (non-hydrogen) atoms. The van der Waals surface area contributed by atoms with E-state index in [0.717, 1.165) is 35.0 Å². The van der Waals surface area contributed by atoms with Gasteiger partial charge in [0.2, 0.25) is 0 Å². The Balaban J connectivity index is 1.48. The normalized spacial score (nSPS) is 40.0. The van der Waals surface area contributed by atoms with Crippen LogP contribution in [-0.4, -0.2) is 11.7 Å². The molecule has 1 N–H and O–H groups in total. The van der Waals surface area contributed by atoms with Crippen molar-refractivity contribution in [2.24, 2.45) is 29.6 Å². The highest BCUT2D eigenvalue weighted by Crippen LogP contribution is 2.72. The van der Waals surface area contributed by atoms with Crippen LogP contribution in [0.4, 0.5) is 0 Å². The first-order valence-electron chi connectivity index (χ1n) is 7.70. The maximum atomic E-state index is 10.6. The smallest absolute Gasteiger partial charge is 0.119 e. The van der Waals surface area contributed by atoms with Crippen LogP contribution in [0.2, 0.25) is 0 Å². The van der Waals surface area contributed by atoms with E-state index in [2.05, 4.69) is 0 Å². The summed E-state index contributed by atoms with van der Waals surface area (Å²) < 4.78 is 5.45. The van der Waals surface area contributed by atoms with Crippen molar-refractivity contribution in [3.8, 4) is 5.75 Å². The van der Waals surface area contributed by atoms with E-state index in [4.69, 9.17) is 4.74 Å². The minimum absolute atomic E-state index is 0.255. The highest BCUT2D eigenvalue weighted by atomic mass is 16.5. The van der Waals surface area contributed by atoms with Gasteiger partial charge >= 0.3 is 0 Å². The zero-order valence-corrected chi connectivity index (χ0v) is 11.5. The average Bonchev–Trinajstić information content (AvgIpc) is 2.87. The first kappa shape index (κ1) is 11.8. The summed E-state index contributed by atoms with van der Waals surface area (Å²) in [5.74, 6) is 4.97. The van der Waals surface area contributed by atoms with E-state index in [0.29, 0.717) is 12.5 Å². The molecule has 0 heterocycles. The molecule has 0 aliphatic heterocycles. The van der Waals surface area contributed by atoms with Gasteiger partial charge < -0.3 is 9.84 Å². The summed E-state index contributed by atoms with van der Waals surface area (Å²) in [4.78, 5) is 0. The van der Waals surface area contributed by atoms with Crippen LogP contribution in [-0.2, 0) is 0 Å². The van der Waals surface area contributed by atoms with Gasteiger partial charge in [-0.05, 0) is 73.5 Å². The third kappa shape index (κ3) is 1.73. The first-order valence-corrected chi connectivity index (χ1v) is 7.70. The fourth-order valence-electron chi connectivity index (χ4n) is 4.96. The van der Waals surface area contributed by atoms with Gasteiger partial charge in [0.25, 0.3) is 0 Å². The predicted molar refractivity (Wildman–Crippen MR) is 73.9 cm³/mol. The third-order valence-electron chi connectivity index (χ3n) is 5.69. The lowest BCUT2D eigenvalue weighted by atomic mass is 9.95. The van der Waals surface area contributed by atoms with Gasteiger partial charge in [0, 0.05) is 0 Å². The van der Waals surface area contributed by atoms with Gasteiger partial charge in [0.15, 0.2) is 0 Å². The summed E-state index contributed by atoms with van der Waals surface area (Å²) in [6, 6.07) is 8.03. The molecule has 3 saturated carbocycles. The molecule has 5 atom stereocenters. The van der Waals surface area contributed by atoms with Crippen LogP contribution in [0.3, 0.4) is 0 Å². The van der Waals surface area contributed by atoms with Crippen molar-refractivity contribution >= 4 is 0 Å². The van der Waals surface area contributed by atoms with Crippen LogP contribution in [0.25, 0.3) is 0 Å². The van der Waals surface area contributed by atoms with Crippen molar-refractivity contribution in [1.29, 1.82) is 0 Å². The Bertz CT molecular complexity index is 451. The van der Waals surface area contributed by atoms with Crippen molar-refractivity contribution in [3.05, 3.63) is 29.8 Å². The zero-order chi connectivity index (χ0) is 13.0. The first-order chi connectivity index (χ1) is 9.29. The fourth-order valence-corrected chi connectivity index (χ4v) is 4.96. The Morgan fingerprint density at radius 2 is 1.79 bits per heavy atom. The van der Waals surface area contributed by atoms with Gasteiger partial charge in [-0.3, -0.25) is 0 Å². The highest BCUT2D eigenvalue weighted by Gasteiger charge is 2.66. The molecule has 0 amide bonds. The summed E-state index contributed by atoms with van der Waals surface area (Å²) in [5.41, 5.74) is 1.07. The summed E-state index contributed by atoms with van der Waals surface area (Å²) in [6.45, 7) is 2.68. The topological polar surface area (TPSA) is 29.5 Å². The van der Waals surface area contributed by atoms with Gasteiger partial charge in [0.1, 0.15) is 5.75 Å². The molecule has 2 heteroatoms. The lowest BCUT2D eigenvalue weighted by Crippen LogP contribution is -2.08. The second-order valence-electron chi connectivity index (χ2n) is 6.51. The second-order valence-corrected chi connectivity index (χ2v) is 6.51. The van der Waals surface area contributed by atoms with Crippen LogP contribution in [0.15, 0.2) is 24.3 Å². The monoisotopic (exact) mass is 258 g/mol. The van der Waals surface area contributed by atoms with Gasteiger partial charge in [0.05, 0.1) is 12.7 Å². The van der Waals surface area contributed by atoms with Gasteiger partial charge in [-0.25, -0.2) is 0 Å². The van der Waals surface area contributed by atoms with Crippen molar-refractivity contribution in [3.63, 3.8) is 0 Å². The minimum atomic E-state index is -0.255. The van der Waals surface area contributed by atoms with E-state index in [1.807, 2.05) is 31.2 Å². The lowest BCUT2D eigenvalue weighted by Gasteiger charge is -2.16. The molecule has 0 aromatic heterocycles. The number of hydrogen-bond acceptors (Lipinski definition) is 2. The van der Waals surface area contributed by atoms with E-state index in [1.54, 1.807) is 0 Å². The highest BCUT2D eigenvalue weighted by molar-refractivity contribution is 5.31. The quantitative estimate of drug-likeness (QED) is 0.896. The molecule has 3 aliphatic carbocycles. The van der Waals surface area contributed by atoms with Crippen molar-refractivity contribution < 1.29 is 9.84 Å². The Labute approximate surface area is 114 Å². The molecule has 0 saturated heterocycles. The van der Waals surface area contributed by atoms with E-state index in [1.165, 1.54) is 19.3 Å². The molecule has 0 radical (unpaired) electrons. The number of aliphatic hydroxyl groups is 1. The predicted octanol–water partition coefficient (Wildman–Crippen LogP) is 3.41. The number of ether oxygens (including phenoxy) is 1. The number of fused-ring (bicyclic) bond motifs is 5. The Morgan fingerprint density at radius 1 is 1.16 bits per heavy atom. The summed E-state index contributed by atoms with van der Waals surface area (Å²) in [6.07, 6.45) is 4.02. The number of hydrogen-bond donors (Lipinski definition) is 1. The van der Waals surface area contributed by atoms with Crippen molar-refractivity contribution in [2.75, 3.05) is 6.61 Å². The molecule has 5 unspecified atom stereocenters. The maximum absolute atomic E-state index is 10.6. The summed E-state index contributed by atoms with van der Waals surface area (Å²) in [7, 11) is 0. The molecule has 3 fully saturated rings. The van der Waals surface area contributed by atoms with Crippen molar-refractivity contribution in [1.82, 2.24) is 0 Å². The molecule has 0 spiro atoms. The standard InChI is InChI=1S/C17H22O2/c1-2-19-13-7-5-10(6-8-13)17(18)16-14-11-3-4-12(9-11)15(14)16/h5-8,11-12,14-18H,2-4,9H2,1H3. The lowest BCUT2D eigenvalue weighted by molar-refractivity contribution is 0.130. The Morgan fingerprint density at radius 3 is 2.37 bits per heavy atom. The molecule has 1 aromatic rings. The van der Waals surface area contributed by atoms with Gasteiger partial charge in [-0.15, -0.1) is 0 Å². The van der Waals surface area contributed by atoms with Gasteiger partial charge in [-0.2, -0.15) is 0 Å². The molecular weight excluding hydrogens is 236 g/mol. The minimum Gasteiger partial charge on any atom is -0.494 e. The summed E-state index contributed by atoms with van der Waals surface area (Å²) in [5, 5.41) is 10.6. The van der Waals surface area contributed by atoms with E-state index in [9.17, 15) is 5.11 Å². The van der Waals surface area contributed by atoms with E-state index >= 15 is 0 Å². The van der Waals surface area contributed by atoms with E-state index < -0.39 is 0 Å². The summed E-state index contributed by atoms with van der Waals surface area (Å²) >= 11 is 0. The van der Waals surface area contributed by atoms with Crippen molar-refractivity contribution in [2.45, 2.75) is 32.3 Å². The molecule has 2 bridgehead atoms. The fraction of sp³-hybridized carbons (Fsp3) is 0.647. The van der Waals surface area contributed by atoms with Crippen LogP contribution >= 0.6 is 0 Å². The number of rotatable bonds is 4. The number of benzene rings is 1.